The summed E-state index contributed by atoms with van der Waals surface area (Å²) in [5, 5.41) is 9.13. The maximum Gasteiger partial charge on any atom is 0.230 e. The van der Waals surface area contributed by atoms with Crippen molar-refractivity contribution < 1.29 is 13.9 Å². The first-order valence-corrected chi connectivity index (χ1v) is 12.3. The summed E-state index contributed by atoms with van der Waals surface area (Å²) in [6.45, 7) is 7.07. The Hall–Kier alpha value is -1.71. The smallest absolute Gasteiger partial charge is 0.230 e. The molecule has 0 bridgehead atoms. The van der Waals surface area contributed by atoms with E-state index >= 15 is 0 Å². The molecule has 3 aliphatic heterocycles. The molecule has 5 rings (SSSR count). The van der Waals surface area contributed by atoms with Gasteiger partial charge in [0.1, 0.15) is 0 Å². The van der Waals surface area contributed by atoms with Gasteiger partial charge in [-0.25, -0.2) is 0 Å². The number of halogens is 2. The monoisotopic (exact) mass is 493 g/mol. The van der Waals surface area contributed by atoms with Gasteiger partial charge in [0, 0.05) is 20.0 Å². The van der Waals surface area contributed by atoms with Gasteiger partial charge in [-0.1, -0.05) is 29.3 Å². The Balaban J connectivity index is 1.39. The topological polar surface area (TPSA) is 74.9 Å². The number of fused-ring (bicyclic) bond motifs is 1. The highest BCUT2D eigenvalue weighted by Gasteiger charge is 2.48. The second kappa shape index (κ2) is 9.88. The number of carbonyl (C=O) groups excluding carboxylic acids is 1. The van der Waals surface area contributed by atoms with Crippen molar-refractivity contribution in [2.45, 2.75) is 50.9 Å². The standard InChI is InChI=1S/C23H29Cl2N5O3/c1-15-26-27-21(33-15)12-29-8-9-30(22(31)11-16-4-5-17(24)18(25)10-16)23-19(13-32-14-20(23)29)28-6-2-3-7-28/h4-5,10,19-20,23H,2-3,6-9,11-14H2,1H3/t19-,20+,23+/m0/s1. The van der Waals surface area contributed by atoms with Crippen LogP contribution in [-0.2, 0) is 22.5 Å². The fourth-order valence-corrected chi connectivity index (χ4v) is 5.75. The van der Waals surface area contributed by atoms with E-state index in [1.165, 1.54) is 12.8 Å². The third kappa shape index (κ3) is 4.91. The van der Waals surface area contributed by atoms with Crippen molar-refractivity contribution >= 4 is 29.1 Å². The van der Waals surface area contributed by atoms with Crippen LogP contribution < -0.4 is 0 Å². The zero-order chi connectivity index (χ0) is 22.9. The molecule has 0 unspecified atom stereocenters. The van der Waals surface area contributed by atoms with Crippen LogP contribution in [0.15, 0.2) is 22.6 Å². The first-order chi connectivity index (χ1) is 16.0. The van der Waals surface area contributed by atoms with E-state index in [9.17, 15) is 4.79 Å². The first kappa shape index (κ1) is 23.1. The van der Waals surface area contributed by atoms with Crippen LogP contribution in [0.3, 0.4) is 0 Å². The minimum atomic E-state index is 0.0462. The van der Waals surface area contributed by atoms with Crippen LogP contribution in [0.25, 0.3) is 0 Å². The molecule has 8 nitrogen and oxygen atoms in total. The van der Waals surface area contributed by atoms with Crippen molar-refractivity contribution in [3.05, 3.63) is 45.6 Å². The molecule has 0 aliphatic carbocycles. The summed E-state index contributed by atoms with van der Waals surface area (Å²) in [7, 11) is 0. The lowest BCUT2D eigenvalue weighted by Crippen LogP contribution is -2.71. The molecule has 1 aromatic heterocycles. The molecule has 10 heteroatoms. The molecule has 3 fully saturated rings. The number of amides is 1. The predicted molar refractivity (Wildman–Crippen MR) is 124 cm³/mol. The molecule has 2 aromatic rings. The average Bonchev–Trinajstić information content (AvgIpc) is 3.48. The molecule has 1 amide bonds. The molecule has 33 heavy (non-hydrogen) atoms. The number of aryl methyl sites for hydroxylation is 1. The van der Waals surface area contributed by atoms with Gasteiger partial charge in [0.25, 0.3) is 0 Å². The van der Waals surface area contributed by atoms with Gasteiger partial charge in [-0.3, -0.25) is 14.6 Å². The number of hydrogen-bond acceptors (Lipinski definition) is 7. The normalized spacial score (nSPS) is 26.5. The maximum absolute atomic E-state index is 13.6. The molecule has 0 saturated carbocycles. The van der Waals surface area contributed by atoms with Crippen LogP contribution in [0, 0.1) is 6.92 Å². The second-order valence-corrected chi connectivity index (χ2v) is 9.92. The number of piperazine rings is 1. The van der Waals surface area contributed by atoms with Crippen molar-refractivity contribution in [2.75, 3.05) is 39.4 Å². The predicted octanol–water partition coefficient (Wildman–Crippen LogP) is 2.80. The van der Waals surface area contributed by atoms with Crippen molar-refractivity contribution in [3.8, 4) is 0 Å². The van der Waals surface area contributed by atoms with Crippen LogP contribution >= 0.6 is 23.2 Å². The van der Waals surface area contributed by atoms with E-state index in [1.807, 2.05) is 6.07 Å². The zero-order valence-corrected chi connectivity index (χ0v) is 20.3. The Morgan fingerprint density at radius 2 is 1.85 bits per heavy atom. The molecular weight excluding hydrogens is 465 g/mol. The molecule has 4 heterocycles. The number of benzene rings is 1. The number of carbonyl (C=O) groups is 1. The number of rotatable bonds is 5. The van der Waals surface area contributed by atoms with Crippen molar-refractivity contribution in [1.29, 1.82) is 0 Å². The highest BCUT2D eigenvalue weighted by Crippen LogP contribution is 2.31. The lowest BCUT2D eigenvalue weighted by molar-refractivity contribution is -0.153. The lowest BCUT2D eigenvalue weighted by atomic mass is 9.91. The number of aromatic nitrogens is 2. The SMILES string of the molecule is Cc1nnc(CN2CCN(C(=O)Cc3ccc(Cl)c(Cl)c3)[C@H]3[C@H]2COC[C@@H]3N2CCCC2)o1. The van der Waals surface area contributed by atoms with Gasteiger partial charge < -0.3 is 14.1 Å². The van der Waals surface area contributed by atoms with Gasteiger partial charge in [-0.15, -0.1) is 10.2 Å². The maximum atomic E-state index is 13.6. The van der Waals surface area contributed by atoms with Gasteiger partial charge in [-0.2, -0.15) is 0 Å². The molecule has 1 aromatic carbocycles. The van der Waals surface area contributed by atoms with Crippen molar-refractivity contribution in [2.24, 2.45) is 0 Å². The number of ether oxygens (including phenoxy) is 1. The lowest BCUT2D eigenvalue weighted by Gasteiger charge is -2.54. The van der Waals surface area contributed by atoms with Crippen molar-refractivity contribution in [1.82, 2.24) is 24.9 Å². The molecule has 0 spiro atoms. The number of hydrogen-bond donors (Lipinski definition) is 0. The van der Waals surface area contributed by atoms with Crippen LogP contribution in [0.1, 0.15) is 30.2 Å². The third-order valence-electron chi connectivity index (χ3n) is 7.00. The summed E-state index contributed by atoms with van der Waals surface area (Å²) in [4.78, 5) is 20.5. The van der Waals surface area contributed by atoms with Crippen LogP contribution in [0.2, 0.25) is 10.0 Å². The quantitative estimate of drug-likeness (QED) is 0.633. The minimum absolute atomic E-state index is 0.0462. The highest BCUT2D eigenvalue weighted by atomic mass is 35.5. The van der Waals surface area contributed by atoms with Crippen LogP contribution in [0.4, 0.5) is 0 Å². The van der Waals surface area contributed by atoms with Crippen molar-refractivity contribution in [3.63, 3.8) is 0 Å². The Morgan fingerprint density at radius 3 is 2.58 bits per heavy atom. The summed E-state index contributed by atoms with van der Waals surface area (Å²) in [5.74, 6) is 1.28. The summed E-state index contributed by atoms with van der Waals surface area (Å²) >= 11 is 12.3. The summed E-state index contributed by atoms with van der Waals surface area (Å²) in [5.41, 5.74) is 0.875. The molecule has 3 aliphatic rings. The minimum Gasteiger partial charge on any atom is -0.424 e. The second-order valence-electron chi connectivity index (χ2n) is 9.10. The van der Waals surface area contributed by atoms with E-state index in [-0.39, 0.29) is 24.0 Å². The van der Waals surface area contributed by atoms with Crippen LogP contribution in [-0.4, -0.2) is 88.3 Å². The fraction of sp³-hybridized carbons (Fsp3) is 0.609. The Morgan fingerprint density at radius 1 is 1.06 bits per heavy atom. The summed E-state index contributed by atoms with van der Waals surface area (Å²) < 4.78 is 11.7. The molecular formula is C23H29Cl2N5O3. The largest absolute Gasteiger partial charge is 0.424 e. The van der Waals surface area contributed by atoms with E-state index in [4.69, 9.17) is 32.4 Å². The molecule has 3 atom stereocenters. The Labute approximate surface area is 203 Å². The molecule has 0 N–H and O–H groups in total. The van der Waals surface area contributed by atoms with E-state index in [2.05, 4.69) is 24.9 Å². The Bertz CT molecular complexity index is 996. The van der Waals surface area contributed by atoms with E-state index in [0.29, 0.717) is 54.6 Å². The molecule has 0 radical (unpaired) electrons. The molecule has 3 saturated heterocycles. The van der Waals surface area contributed by atoms with Gasteiger partial charge in [-0.05, 0) is 43.6 Å². The Kier molecular flexibility index (Phi) is 6.90. The van der Waals surface area contributed by atoms with E-state index < -0.39 is 0 Å². The van der Waals surface area contributed by atoms with E-state index in [0.717, 1.165) is 25.2 Å². The fourth-order valence-electron chi connectivity index (χ4n) is 5.43. The first-order valence-electron chi connectivity index (χ1n) is 11.6. The summed E-state index contributed by atoms with van der Waals surface area (Å²) in [6.07, 6.45) is 2.68. The average molecular weight is 494 g/mol. The number of nitrogens with zero attached hydrogens (tertiary/aromatic N) is 5. The van der Waals surface area contributed by atoms with Gasteiger partial charge in [0.2, 0.25) is 17.7 Å². The van der Waals surface area contributed by atoms with Gasteiger partial charge in [0.15, 0.2) is 0 Å². The highest BCUT2D eigenvalue weighted by molar-refractivity contribution is 6.42. The number of likely N-dealkylation sites (tertiary alicyclic amines) is 1. The molecule has 178 valence electrons. The third-order valence-corrected chi connectivity index (χ3v) is 7.74. The summed E-state index contributed by atoms with van der Waals surface area (Å²) in [6, 6.07) is 5.71. The van der Waals surface area contributed by atoms with Crippen LogP contribution in [0.5, 0.6) is 0 Å². The van der Waals surface area contributed by atoms with Gasteiger partial charge >= 0.3 is 0 Å². The van der Waals surface area contributed by atoms with Gasteiger partial charge in [0.05, 0.1) is 54.4 Å². The zero-order valence-electron chi connectivity index (χ0n) is 18.8. The van der Waals surface area contributed by atoms with E-state index in [1.54, 1.807) is 19.1 Å².